The van der Waals surface area contributed by atoms with Crippen LogP contribution in [-0.2, 0) is 22.6 Å². The highest BCUT2D eigenvalue weighted by Crippen LogP contribution is 2.41. The van der Waals surface area contributed by atoms with Gasteiger partial charge in [0.1, 0.15) is 6.04 Å². The van der Waals surface area contributed by atoms with Crippen LogP contribution in [0.25, 0.3) is 0 Å². The molecule has 0 saturated carbocycles. The van der Waals surface area contributed by atoms with Crippen LogP contribution in [-0.4, -0.2) is 45.1 Å². The van der Waals surface area contributed by atoms with E-state index in [0.29, 0.717) is 13.1 Å². The van der Waals surface area contributed by atoms with Crippen molar-refractivity contribution < 1.29 is 14.3 Å². The molecule has 27 heavy (non-hydrogen) atoms. The fraction of sp³-hybridized carbons (Fsp3) is 0.333. The quantitative estimate of drug-likeness (QED) is 0.587. The molecule has 0 N–H and O–H groups in total. The van der Waals surface area contributed by atoms with Crippen LogP contribution in [0.5, 0.6) is 0 Å². The second-order valence-electron chi connectivity index (χ2n) is 6.88. The molecule has 0 radical (unpaired) electrons. The summed E-state index contributed by atoms with van der Waals surface area (Å²) in [4.78, 5) is 28.6. The van der Waals surface area contributed by atoms with Crippen molar-refractivity contribution in [2.75, 3.05) is 5.75 Å². The molecule has 6 heteroatoms. The van der Waals surface area contributed by atoms with E-state index in [9.17, 15) is 9.59 Å². The first-order chi connectivity index (χ1) is 13.1. The predicted octanol–water partition coefficient (Wildman–Crippen LogP) is 3.50. The van der Waals surface area contributed by atoms with Gasteiger partial charge in [0, 0.05) is 25.8 Å². The molecule has 3 atom stereocenters. The molecule has 2 aliphatic rings. The lowest BCUT2D eigenvalue weighted by Gasteiger charge is -2.26. The SMILES string of the molecule is CC(=O)O[C@H]1SC[C@H]2[C@@H]1N(Cc1ccccc1)C(=O)N2Cc1ccccc1. The van der Waals surface area contributed by atoms with Gasteiger partial charge in [-0.05, 0) is 11.1 Å². The third kappa shape index (κ3) is 3.67. The van der Waals surface area contributed by atoms with Gasteiger partial charge in [0.2, 0.25) is 0 Å². The van der Waals surface area contributed by atoms with Crippen LogP contribution < -0.4 is 0 Å². The van der Waals surface area contributed by atoms with E-state index in [1.165, 1.54) is 6.92 Å². The largest absolute Gasteiger partial charge is 0.449 e. The number of ether oxygens (including phenoxy) is 1. The van der Waals surface area contributed by atoms with Crippen LogP contribution in [0.3, 0.4) is 0 Å². The van der Waals surface area contributed by atoms with Gasteiger partial charge in [-0.3, -0.25) is 4.79 Å². The van der Waals surface area contributed by atoms with Crippen molar-refractivity contribution in [2.45, 2.75) is 37.5 Å². The molecule has 2 fully saturated rings. The number of benzene rings is 2. The van der Waals surface area contributed by atoms with Crippen LogP contribution in [0.2, 0.25) is 0 Å². The third-order valence-corrected chi connectivity index (χ3v) is 6.27. The maximum atomic E-state index is 13.3. The smallest absolute Gasteiger partial charge is 0.321 e. The van der Waals surface area contributed by atoms with Crippen molar-refractivity contribution in [2.24, 2.45) is 0 Å². The molecule has 2 aromatic rings. The van der Waals surface area contributed by atoms with Gasteiger partial charge in [0.15, 0.2) is 5.44 Å². The van der Waals surface area contributed by atoms with E-state index in [0.717, 1.165) is 16.9 Å². The Morgan fingerprint density at radius 2 is 1.56 bits per heavy atom. The number of hydrogen-bond acceptors (Lipinski definition) is 4. The van der Waals surface area contributed by atoms with Crippen LogP contribution in [0, 0.1) is 0 Å². The van der Waals surface area contributed by atoms with Gasteiger partial charge in [-0.1, -0.05) is 60.7 Å². The number of carbonyl (C=O) groups excluding carboxylic acids is 2. The van der Waals surface area contributed by atoms with Crippen molar-refractivity contribution in [1.82, 2.24) is 9.80 Å². The van der Waals surface area contributed by atoms with Crippen molar-refractivity contribution in [3.05, 3.63) is 71.8 Å². The number of esters is 1. The highest BCUT2D eigenvalue weighted by atomic mass is 32.2. The van der Waals surface area contributed by atoms with Crippen molar-refractivity contribution in [3.8, 4) is 0 Å². The van der Waals surface area contributed by atoms with Crippen molar-refractivity contribution in [1.29, 1.82) is 0 Å². The summed E-state index contributed by atoms with van der Waals surface area (Å²) in [5.74, 6) is 0.466. The standard InChI is InChI=1S/C21H22N2O3S/c1-15(24)26-20-19-18(14-27-20)22(12-16-8-4-2-5-9-16)21(25)23(19)13-17-10-6-3-7-11-17/h2-11,18-20H,12-14H2,1H3/t18-,19-,20-/m0/s1. The summed E-state index contributed by atoms with van der Waals surface area (Å²) in [6.07, 6.45) is 0. The van der Waals surface area contributed by atoms with E-state index >= 15 is 0 Å². The molecular formula is C21H22N2O3S. The molecule has 0 aliphatic carbocycles. The molecule has 2 aliphatic heterocycles. The normalized spacial score (nSPS) is 24.2. The number of nitrogens with zero attached hydrogens (tertiary/aromatic N) is 2. The first kappa shape index (κ1) is 17.9. The summed E-state index contributed by atoms with van der Waals surface area (Å²) < 4.78 is 5.54. The van der Waals surface area contributed by atoms with Crippen molar-refractivity contribution in [3.63, 3.8) is 0 Å². The summed E-state index contributed by atoms with van der Waals surface area (Å²) in [7, 11) is 0. The Morgan fingerprint density at radius 1 is 1.00 bits per heavy atom. The molecule has 0 bridgehead atoms. The Labute approximate surface area is 163 Å². The molecule has 0 unspecified atom stereocenters. The van der Waals surface area contributed by atoms with E-state index in [1.807, 2.05) is 70.5 Å². The maximum absolute atomic E-state index is 13.3. The van der Waals surface area contributed by atoms with Gasteiger partial charge >= 0.3 is 12.0 Å². The Kier molecular flexibility index (Phi) is 5.07. The lowest BCUT2D eigenvalue weighted by atomic mass is 10.1. The molecule has 2 heterocycles. The van der Waals surface area contributed by atoms with Gasteiger partial charge < -0.3 is 14.5 Å². The molecular weight excluding hydrogens is 360 g/mol. The van der Waals surface area contributed by atoms with E-state index < -0.39 is 0 Å². The average Bonchev–Trinajstić information content (AvgIpc) is 3.18. The lowest BCUT2D eigenvalue weighted by molar-refractivity contribution is -0.144. The third-order valence-electron chi connectivity index (χ3n) is 5.03. The molecule has 2 aromatic carbocycles. The molecule has 5 nitrogen and oxygen atoms in total. The summed E-state index contributed by atoms with van der Waals surface area (Å²) >= 11 is 1.61. The van der Waals surface area contributed by atoms with E-state index in [4.69, 9.17) is 4.74 Å². The number of thioether (sulfide) groups is 1. The molecule has 2 amide bonds. The Balaban J connectivity index is 1.61. The predicted molar refractivity (Wildman–Crippen MR) is 105 cm³/mol. The summed E-state index contributed by atoms with van der Waals surface area (Å²) in [6.45, 7) is 2.51. The van der Waals surface area contributed by atoms with Gasteiger partial charge in [0.25, 0.3) is 0 Å². The number of fused-ring (bicyclic) bond motifs is 1. The highest BCUT2D eigenvalue weighted by molar-refractivity contribution is 8.00. The zero-order valence-corrected chi connectivity index (χ0v) is 16.0. The summed E-state index contributed by atoms with van der Waals surface area (Å²) in [5.41, 5.74) is 1.86. The average molecular weight is 382 g/mol. The number of amides is 2. The number of hydrogen-bond donors (Lipinski definition) is 0. The topological polar surface area (TPSA) is 49.9 Å². The van der Waals surface area contributed by atoms with E-state index in [1.54, 1.807) is 11.8 Å². The van der Waals surface area contributed by atoms with Crippen LogP contribution in [0.4, 0.5) is 4.79 Å². The zero-order chi connectivity index (χ0) is 18.8. The van der Waals surface area contributed by atoms with Gasteiger partial charge in [-0.25, -0.2) is 4.79 Å². The Bertz CT molecular complexity index is 815. The maximum Gasteiger partial charge on any atom is 0.321 e. The molecule has 4 rings (SSSR count). The second-order valence-corrected chi connectivity index (χ2v) is 8.01. The first-order valence-corrected chi connectivity index (χ1v) is 10.1. The fourth-order valence-electron chi connectivity index (χ4n) is 3.82. The summed E-state index contributed by atoms with van der Waals surface area (Å²) in [6, 6.07) is 19.9. The fourth-order valence-corrected chi connectivity index (χ4v) is 5.31. The Morgan fingerprint density at radius 3 is 2.11 bits per heavy atom. The van der Waals surface area contributed by atoms with Crippen LogP contribution in [0.1, 0.15) is 18.1 Å². The lowest BCUT2D eigenvalue weighted by Crippen LogP contribution is -2.42. The minimum atomic E-state index is -0.319. The molecule has 0 aromatic heterocycles. The molecule has 2 saturated heterocycles. The number of rotatable bonds is 5. The number of carbonyl (C=O) groups is 2. The monoisotopic (exact) mass is 382 g/mol. The van der Waals surface area contributed by atoms with Gasteiger partial charge in [0.05, 0.1) is 6.04 Å². The number of urea groups is 1. The summed E-state index contributed by atoms with van der Waals surface area (Å²) in [5, 5.41) is 0. The van der Waals surface area contributed by atoms with Crippen LogP contribution in [0.15, 0.2) is 60.7 Å². The highest BCUT2D eigenvalue weighted by Gasteiger charge is 2.54. The van der Waals surface area contributed by atoms with Crippen LogP contribution >= 0.6 is 11.8 Å². The van der Waals surface area contributed by atoms with E-state index in [2.05, 4.69) is 0 Å². The van der Waals surface area contributed by atoms with Crippen molar-refractivity contribution >= 4 is 23.8 Å². The molecule has 140 valence electrons. The second kappa shape index (κ2) is 7.64. The zero-order valence-electron chi connectivity index (χ0n) is 15.2. The minimum Gasteiger partial charge on any atom is -0.449 e. The van der Waals surface area contributed by atoms with Gasteiger partial charge in [-0.2, -0.15) is 0 Å². The van der Waals surface area contributed by atoms with E-state index in [-0.39, 0.29) is 29.5 Å². The first-order valence-electron chi connectivity index (χ1n) is 9.07. The minimum absolute atomic E-state index is 0.00941. The Hall–Kier alpha value is -2.47. The molecule has 0 spiro atoms. The van der Waals surface area contributed by atoms with Gasteiger partial charge in [-0.15, -0.1) is 11.8 Å².